The molecule has 5 aromatic rings. The van der Waals surface area contributed by atoms with Gasteiger partial charge >= 0.3 is 5.97 Å². The monoisotopic (exact) mass is 508 g/mol. The largest absolute Gasteiger partial charge is 0.872 e. The fraction of sp³-hybridized carbons (Fsp3) is 0.0323. The van der Waals surface area contributed by atoms with Crippen LogP contribution >= 0.6 is 11.6 Å². The summed E-state index contributed by atoms with van der Waals surface area (Å²) < 4.78 is 2.18. The van der Waals surface area contributed by atoms with Crippen molar-refractivity contribution in [2.75, 3.05) is 0 Å². The summed E-state index contributed by atoms with van der Waals surface area (Å²) in [5, 5.41) is 19.6. The van der Waals surface area contributed by atoms with Crippen LogP contribution in [-0.4, -0.2) is 16.1 Å². The molecule has 0 bridgehead atoms. The summed E-state index contributed by atoms with van der Waals surface area (Å²) in [5.41, 5.74) is 3.49. The van der Waals surface area contributed by atoms with Crippen LogP contribution in [0.15, 0.2) is 134 Å². The Balaban J connectivity index is 0.000000225. The highest BCUT2D eigenvalue weighted by atomic mass is 35.5. The van der Waals surface area contributed by atoms with Crippen LogP contribution in [0.2, 0.25) is 5.02 Å². The topological polar surface area (TPSA) is 80.0 Å². The number of carboxylic acids is 1. The van der Waals surface area contributed by atoms with Gasteiger partial charge in [0.25, 0.3) is 0 Å². The average Bonchev–Trinajstić information content (AvgIpc) is 3.47. The number of hydrogen-bond donors (Lipinski definition) is 2. The van der Waals surface area contributed by atoms with Gasteiger partial charge in [0.15, 0.2) is 5.54 Å². The molecule has 0 fully saturated rings. The molecule has 0 radical (unpaired) electrons. The van der Waals surface area contributed by atoms with Gasteiger partial charge in [0.2, 0.25) is 6.33 Å². The quantitative estimate of drug-likeness (QED) is 0.176. The van der Waals surface area contributed by atoms with E-state index in [0.717, 1.165) is 27.8 Å². The molecule has 0 spiro atoms. The number of aromatic nitrogens is 2. The lowest BCUT2D eigenvalue weighted by Crippen LogP contribution is -2.57. The highest BCUT2D eigenvalue weighted by Crippen LogP contribution is 2.39. The number of hydrogen-bond acceptors (Lipinski definition) is 2. The molecule has 0 aliphatic heterocycles. The van der Waals surface area contributed by atoms with Gasteiger partial charge in [-0.15, -0.1) is 5.75 Å². The Labute approximate surface area is 220 Å². The predicted octanol–water partition coefficient (Wildman–Crippen LogP) is 5.65. The fourth-order valence-electron chi connectivity index (χ4n) is 4.27. The minimum absolute atomic E-state index is 0.0810. The zero-order valence-corrected chi connectivity index (χ0v) is 20.6. The van der Waals surface area contributed by atoms with Crippen molar-refractivity contribution in [3.05, 3.63) is 161 Å². The molecule has 1 heterocycles. The number of imidazole rings is 1. The van der Waals surface area contributed by atoms with Crippen molar-refractivity contribution in [2.24, 2.45) is 0 Å². The molecule has 5 rings (SSSR count). The number of benzene rings is 4. The predicted molar refractivity (Wildman–Crippen MR) is 143 cm³/mol. The summed E-state index contributed by atoms with van der Waals surface area (Å²) in [5.74, 6) is -1.08. The number of rotatable bonds is 6. The lowest BCUT2D eigenvalue weighted by molar-refractivity contribution is -0.733. The SMILES string of the molecule is Clc1ccccc1C(c1ccccc1)(c1ccccc1)[n+]1cc[nH]c1.O=C(O)/C=C/c1ccc([O-])cc1. The Morgan fingerprint density at radius 3 is 1.92 bits per heavy atom. The summed E-state index contributed by atoms with van der Waals surface area (Å²) in [6, 6.07) is 34.9. The minimum Gasteiger partial charge on any atom is -0.872 e. The molecule has 5 nitrogen and oxygen atoms in total. The number of H-pyrrole nitrogens is 1. The molecular weight excluding hydrogens is 484 g/mol. The van der Waals surface area contributed by atoms with Crippen molar-refractivity contribution in [3.8, 4) is 5.75 Å². The van der Waals surface area contributed by atoms with Crippen LogP contribution in [0.5, 0.6) is 5.75 Å². The van der Waals surface area contributed by atoms with Gasteiger partial charge in [-0.3, -0.25) is 4.98 Å². The number of nitrogens with zero attached hydrogens (tertiary/aromatic N) is 1. The van der Waals surface area contributed by atoms with E-state index in [1.54, 1.807) is 12.1 Å². The van der Waals surface area contributed by atoms with Crippen LogP contribution in [-0.2, 0) is 10.3 Å². The maximum Gasteiger partial charge on any atom is 0.328 e. The number of nitrogens with one attached hydrogen (secondary N) is 1. The minimum atomic E-state index is -0.999. The second-order valence-electron chi connectivity index (χ2n) is 8.18. The third-order valence-corrected chi connectivity index (χ3v) is 6.21. The maximum absolute atomic E-state index is 10.6. The number of aliphatic carboxylic acids is 1. The van der Waals surface area contributed by atoms with Crippen molar-refractivity contribution in [1.82, 2.24) is 4.98 Å². The lowest BCUT2D eigenvalue weighted by Gasteiger charge is -2.33. The van der Waals surface area contributed by atoms with E-state index in [0.29, 0.717) is 5.56 Å². The molecule has 37 heavy (non-hydrogen) atoms. The van der Waals surface area contributed by atoms with Crippen LogP contribution in [0, 0.1) is 0 Å². The van der Waals surface area contributed by atoms with Gasteiger partial charge < -0.3 is 10.2 Å². The number of carbonyl (C=O) groups is 1. The van der Waals surface area contributed by atoms with Crippen LogP contribution < -0.4 is 9.67 Å². The van der Waals surface area contributed by atoms with Crippen LogP contribution in [0.4, 0.5) is 0 Å². The van der Waals surface area contributed by atoms with E-state index in [-0.39, 0.29) is 5.75 Å². The lowest BCUT2D eigenvalue weighted by atomic mass is 9.76. The molecule has 0 saturated heterocycles. The third kappa shape index (κ3) is 5.80. The molecule has 0 amide bonds. The maximum atomic E-state index is 10.6. The Morgan fingerprint density at radius 1 is 0.838 bits per heavy atom. The molecule has 184 valence electrons. The summed E-state index contributed by atoms with van der Waals surface area (Å²) in [6.07, 6.45) is 8.41. The van der Waals surface area contributed by atoms with Gasteiger partial charge in [0.05, 0.1) is 0 Å². The van der Waals surface area contributed by atoms with E-state index < -0.39 is 11.5 Å². The van der Waals surface area contributed by atoms with Gasteiger partial charge in [-0.1, -0.05) is 115 Å². The van der Waals surface area contributed by atoms with E-state index in [1.165, 1.54) is 18.2 Å². The van der Waals surface area contributed by atoms with Crippen molar-refractivity contribution in [2.45, 2.75) is 5.54 Å². The van der Waals surface area contributed by atoms with E-state index in [2.05, 4.69) is 64.1 Å². The smallest absolute Gasteiger partial charge is 0.328 e. The molecule has 0 saturated carbocycles. The highest BCUT2D eigenvalue weighted by molar-refractivity contribution is 6.31. The van der Waals surface area contributed by atoms with Crippen molar-refractivity contribution < 1.29 is 19.6 Å². The molecule has 4 aromatic carbocycles. The third-order valence-electron chi connectivity index (χ3n) is 5.88. The zero-order valence-electron chi connectivity index (χ0n) is 19.9. The molecule has 0 aliphatic carbocycles. The molecule has 6 heteroatoms. The van der Waals surface area contributed by atoms with Gasteiger partial charge in [0.1, 0.15) is 12.4 Å². The first-order valence-corrected chi connectivity index (χ1v) is 12.0. The molecule has 0 unspecified atom stereocenters. The summed E-state index contributed by atoms with van der Waals surface area (Å²) in [6.45, 7) is 0. The standard InChI is InChI=1S/C22H17ClN2.C9H8O3/c23-21-14-8-7-13-20(21)22(25-16-15-24-17-25,18-9-3-1-4-10-18)19-11-5-2-6-12-19;10-8-4-1-7(2-5-8)3-6-9(11)12/h1-17H;1-6,10H,(H,11,12)/b;6-3+. The normalized spacial score (nSPS) is 11.1. The van der Waals surface area contributed by atoms with Crippen LogP contribution in [0.1, 0.15) is 22.3 Å². The Bertz CT molecular complexity index is 1410. The first-order valence-electron chi connectivity index (χ1n) is 11.6. The van der Waals surface area contributed by atoms with Gasteiger partial charge in [-0.05, 0) is 17.7 Å². The molecular formula is C31H25ClN2O3. The van der Waals surface area contributed by atoms with E-state index >= 15 is 0 Å². The Hall–Kier alpha value is -4.61. The highest BCUT2D eigenvalue weighted by Gasteiger charge is 2.43. The van der Waals surface area contributed by atoms with Gasteiger partial charge in [-0.25, -0.2) is 9.36 Å². The first-order chi connectivity index (χ1) is 18.0. The first kappa shape index (κ1) is 25.5. The summed E-state index contributed by atoms with van der Waals surface area (Å²) >= 11 is 6.70. The van der Waals surface area contributed by atoms with Gasteiger partial charge in [0, 0.05) is 27.8 Å². The van der Waals surface area contributed by atoms with Crippen LogP contribution in [0.3, 0.4) is 0 Å². The Morgan fingerprint density at radius 2 is 1.41 bits per heavy atom. The second kappa shape index (κ2) is 11.9. The molecule has 2 N–H and O–H groups in total. The Kier molecular flexibility index (Phi) is 8.18. The number of aromatic amines is 1. The molecule has 0 atom stereocenters. The van der Waals surface area contributed by atoms with Crippen molar-refractivity contribution in [1.29, 1.82) is 0 Å². The molecule has 0 aliphatic rings. The zero-order chi connectivity index (χ0) is 26.1. The number of carboxylic acid groups (broad SMARTS) is 1. The van der Waals surface area contributed by atoms with E-state index in [9.17, 15) is 9.90 Å². The van der Waals surface area contributed by atoms with Crippen molar-refractivity contribution >= 4 is 23.6 Å². The molecule has 1 aromatic heterocycles. The van der Waals surface area contributed by atoms with Gasteiger partial charge in [-0.2, -0.15) is 0 Å². The average molecular weight is 509 g/mol. The van der Waals surface area contributed by atoms with Crippen LogP contribution in [0.25, 0.3) is 6.08 Å². The summed E-state index contributed by atoms with van der Waals surface area (Å²) in [4.78, 5) is 13.3. The van der Waals surface area contributed by atoms with E-state index in [4.69, 9.17) is 16.7 Å². The second-order valence-corrected chi connectivity index (χ2v) is 8.59. The summed E-state index contributed by atoms with van der Waals surface area (Å²) in [7, 11) is 0. The number of halogens is 1. The van der Waals surface area contributed by atoms with Crippen molar-refractivity contribution in [3.63, 3.8) is 0 Å². The van der Waals surface area contributed by atoms with E-state index in [1.807, 2.05) is 49.1 Å². The fourth-order valence-corrected chi connectivity index (χ4v) is 4.55.